The van der Waals surface area contributed by atoms with Gasteiger partial charge in [-0.15, -0.1) is 0 Å². The molecule has 0 fully saturated rings. The van der Waals surface area contributed by atoms with Crippen molar-refractivity contribution in [2.24, 2.45) is 0 Å². The van der Waals surface area contributed by atoms with Crippen LogP contribution in [0.3, 0.4) is 0 Å². The van der Waals surface area contributed by atoms with Gasteiger partial charge in [-0.2, -0.15) is 8.42 Å². The molecule has 3 N–H and O–H groups in total. The predicted molar refractivity (Wildman–Crippen MR) is 170 cm³/mol. The number of aliphatic hydroxyl groups is 2. The molecule has 0 aromatic rings. The van der Waals surface area contributed by atoms with Crippen molar-refractivity contribution >= 4 is 10.4 Å². The van der Waals surface area contributed by atoms with Crippen LogP contribution >= 0.6 is 0 Å². The van der Waals surface area contributed by atoms with Crippen LogP contribution in [-0.4, -0.2) is 58.1 Å². The third kappa shape index (κ3) is 39.9. The molecule has 8 heteroatoms. The van der Waals surface area contributed by atoms with Crippen LogP contribution in [0.5, 0.6) is 0 Å². The van der Waals surface area contributed by atoms with Crippen molar-refractivity contribution in [2.45, 2.75) is 168 Å². The lowest BCUT2D eigenvalue weighted by atomic mass is 10.1. The fraction of sp³-hybridized carbons (Fsp3) is 1.00. The molecule has 0 rings (SSSR count). The molecule has 0 saturated carbocycles. The summed E-state index contributed by atoms with van der Waals surface area (Å²) in [5.74, 6) is 0. The van der Waals surface area contributed by atoms with E-state index in [0.717, 1.165) is 25.7 Å². The summed E-state index contributed by atoms with van der Waals surface area (Å²) in [4.78, 5) is 0. The van der Waals surface area contributed by atoms with E-state index < -0.39 is 10.4 Å². The van der Waals surface area contributed by atoms with Gasteiger partial charge in [-0.05, 0) is 12.8 Å². The van der Waals surface area contributed by atoms with Crippen LogP contribution in [0, 0.1) is 0 Å². The van der Waals surface area contributed by atoms with Gasteiger partial charge in [0.1, 0.15) is 0 Å². The van der Waals surface area contributed by atoms with Crippen molar-refractivity contribution in [1.29, 1.82) is 0 Å². The van der Waals surface area contributed by atoms with E-state index in [1.54, 1.807) is 0 Å². The van der Waals surface area contributed by atoms with Gasteiger partial charge in [0.25, 0.3) is 0 Å². The Morgan fingerprint density at radius 3 is 0.950 bits per heavy atom. The first-order valence-electron chi connectivity index (χ1n) is 17.0. The average Bonchev–Trinajstić information content (AvgIpc) is 2.94. The number of rotatable bonds is 32. The molecular formula is C32H69NO6S. The molecule has 0 bridgehead atoms. The van der Waals surface area contributed by atoms with Crippen molar-refractivity contribution in [1.82, 2.24) is 5.32 Å². The Balaban J connectivity index is 0. The fourth-order valence-corrected chi connectivity index (χ4v) is 5.24. The Labute approximate surface area is 249 Å². The van der Waals surface area contributed by atoms with E-state index in [2.05, 4.69) is 19.2 Å². The largest absolute Gasteiger partial charge is 0.399 e. The van der Waals surface area contributed by atoms with Crippen molar-refractivity contribution in [3.8, 4) is 0 Å². The molecule has 0 heterocycles. The lowest BCUT2D eigenvalue weighted by Crippen LogP contribution is -2.21. The molecule has 0 unspecified atom stereocenters. The monoisotopic (exact) mass is 595 g/mol. The van der Waals surface area contributed by atoms with Crippen molar-refractivity contribution in [2.75, 3.05) is 39.5 Å². The first kappa shape index (κ1) is 41.9. The summed E-state index contributed by atoms with van der Waals surface area (Å²) in [7, 11) is -3.81. The second kappa shape index (κ2) is 36.8. The van der Waals surface area contributed by atoms with Gasteiger partial charge in [0.2, 0.25) is 0 Å². The summed E-state index contributed by atoms with van der Waals surface area (Å²) in [5.41, 5.74) is 0. The Morgan fingerprint density at radius 1 is 0.450 bits per heavy atom. The van der Waals surface area contributed by atoms with Gasteiger partial charge in [-0.1, -0.05) is 155 Å². The summed E-state index contributed by atoms with van der Waals surface area (Å²) in [6.45, 7) is 6.43. The molecule has 0 aliphatic heterocycles. The minimum atomic E-state index is -3.81. The molecular weight excluding hydrogens is 526 g/mol. The van der Waals surface area contributed by atoms with Crippen molar-refractivity contribution < 1.29 is 27.0 Å². The smallest absolute Gasteiger partial charge is 0.395 e. The summed E-state index contributed by atoms with van der Waals surface area (Å²) in [6, 6.07) is 0. The Kier molecular flexibility index (Phi) is 38.5. The lowest BCUT2D eigenvalue weighted by Gasteiger charge is -2.06. The van der Waals surface area contributed by atoms with Crippen LogP contribution in [0.2, 0.25) is 0 Å². The molecule has 0 aromatic carbocycles. The topological polar surface area (TPSA) is 105 Å². The third-order valence-corrected chi connectivity index (χ3v) is 7.94. The Bertz CT molecular complexity index is 508. The van der Waals surface area contributed by atoms with Gasteiger partial charge in [0.15, 0.2) is 0 Å². The lowest BCUT2D eigenvalue weighted by molar-refractivity contribution is 0.208. The maximum absolute atomic E-state index is 11.8. The standard InChI is InChI=1S/C28H58O4S.C4H11NO2/c1-3-5-7-9-11-13-15-17-19-21-23-25-27-31-33(29,30)32-28-26-24-22-20-18-16-14-12-10-8-6-4-2;6-3-1-5-2-4-7/h3-28H2,1-2H3;5-7H,1-4H2. The van der Waals surface area contributed by atoms with E-state index in [-0.39, 0.29) is 26.4 Å². The normalized spacial score (nSPS) is 11.5. The highest BCUT2D eigenvalue weighted by Crippen LogP contribution is 2.14. The van der Waals surface area contributed by atoms with Crippen LogP contribution in [0.1, 0.15) is 168 Å². The van der Waals surface area contributed by atoms with Gasteiger partial charge in [0, 0.05) is 13.1 Å². The van der Waals surface area contributed by atoms with Gasteiger partial charge in [-0.25, -0.2) is 8.37 Å². The van der Waals surface area contributed by atoms with Crippen LogP contribution in [0.25, 0.3) is 0 Å². The van der Waals surface area contributed by atoms with Crippen molar-refractivity contribution in [3.05, 3.63) is 0 Å². The zero-order chi connectivity index (χ0) is 29.8. The van der Waals surface area contributed by atoms with E-state index in [1.807, 2.05) is 0 Å². The van der Waals surface area contributed by atoms with E-state index in [1.165, 1.54) is 128 Å². The third-order valence-electron chi connectivity index (χ3n) is 7.03. The van der Waals surface area contributed by atoms with Gasteiger partial charge in [-0.3, -0.25) is 0 Å². The molecule has 244 valence electrons. The zero-order valence-corrected chi connectivity index (χ0v) is 27.5. The fourth-order valence-electron chi connectivity index (χ4n) is 4.53. The maximum atomic E-state index is 11.8. The van der Waals surface area contributed by atoms with E-state index in [9.17, 15) is 8.42 Å². The molecule has 0 saturated heterocycles. The molecule has 0 aliphatic carbocycles. The first-order chi connectivity index (χ1) is 19.5. The number of aliphatic hydroxyl groups excluding tert-OH is 2. The highest BCUT2D eigenvalue weighted by atomic mass is 32.3. The summed E-state index contributed by atoms with van der Waals surface area (Å²) < 4.78 is 33.5. The second-order valence-corrected chi connectivity index (χ2v) is 12.3. The second-order valence-electron chi connectivity index (χ2n) is 11.0. The Hall–Kier alpha value is -0.250. The molecule has 0 atom stereocenters. The average molecular weight is 596 g/mol. The molecule has 40 heavy (non-hydrogen) atoms. The van der Waals surface area contributed by atoms with E-state index in [0.29, 0.717) is 13.1 Å². The summed E-state index contributed by atoms with van der Waals surface area (Å²) in [6.07, 6.45) is 30.2. The maximum Gasteiger partial charge on any atom is 0.399 e. The quantitative estimate of drug-likeness (QED) is 0.0673. The SMILES string of the molecule is CCCCCCCCCCCCCCOS(=O)(=O)OCCCCCCCCCCCCCC.OCCNCCO. The molecule has 0 spiro atoms. The molecule has 0 amide bonds. The number of unbranched alkanes of at least 4 members (excludes halogenated alkanes) is 22. The van der Waals surface area contributed by atoms with Crippen LogP contribution in [0.15, 0.2) is 0 Å². The van der Waals surface area contributed by atoms with E-state index in [4.69, 9.17) is 18.6 Å². The van der Waals surface area contributed by atoms with Gasteiger partial charge >= 0.3 is 10.4 Å². The highest BCUT2D eigenvalue weighted by Gasteiger charge is 2.11. The number of hydrogen-bond acceptors (Lipinski definition) is 7. The van der Waals surface area contributed by atoms with Crippen molar-refractivity contribution in [3.63, 3.8) is 0 Å². The van der Waals surface area contributed by atoms with Crippen LogP contribution < -0.4 is 5.32 Å². The summed E-state index contributed by atoms with van der Waals surface area (Å²) >= 11 is 0. The van der Waals surface area contributed by atoms with Gasteiger partial charge in [0.05, 0.1) is 26.4 Å². The van der Waals surface area contributed by atoms with Gasteiger partial charge < -0.3 is 15.5 Å². The minimum Gasteiger partial charge on any atom is -0.395 e. The van der Waals surface area contributed by atoms with Crippen LogP contribution in [0.4, 0.5) is 0 Å². The first-order valence-corrected chi connectivity index (χ1v) is 18.3. The zero-order valence-electron chi connectivity index (χ0n) is 26.6. The molecule has 7 nitrogen and oxygen atoms in total. The number of nitrogens with one attached hydrogen (secondary N) is 1. The number of hydrogen-bond donors (Lipinski definition) is 3. The van der Waals surface area contributed by atoms with E-state index >= 15 is 0 Å². The molecule has 0 radical (unpaired) electrons. The highest BCUT2D eigenvalue weighted by molar-refractivity contribution is 7.81. The minimum absolute atomic E-state index is 0.139. The Morgan fingerprint density at radius 2 is 0.700 bits per heavy atom. The molecule has 0 aromatic heterocycles. The molecule has 0 aliphatic rings. The van der Waals surface area contributed by atoms with Crippen LogP contribution in [-0.2, 0) is 18.8 Å². The summed E-state index contributed by atoms with van der Waals surface area (Å²) in [5, 5.41) is 19.1. The predicted octanol–water partition coefficient (Wildman–Crippen LogP) is 8.23.